The van der Waals surface area contributed by atoms with Crippen molar-refractivity contribution in [3.63, 3.8) is 0 Å². The number of nitrogens with zero attached hydrogens (tertiary/aromatic N) is 1. The Morgan fingerprint density at radius 2 is 1.95 bits per heavy atom. The lowest BCUT2D eigenvalue weighted by Gasteiger charge is -2.12. The monoisotopic (exact) mass is 291 g/mol. The van der Waals surface area contributed by atoms with E-state index in [9.17, 15) is 0 Å². The molecule has 0 aliphatic rings. The number of methoxy groups -OCH3 is 1. The average Bonchev–Trinajstić information content (AvgIpc) is 2.46. The predicted molar refractivity (Wildman–Crippen MR) is 83.7 cm³/mol. The number of hydrogen-bond donors (Lipinski definition) is 2. The molecular formula is C15H18ClN3O. The second kappa shape index (κ2) is 7.01. The Morgan fingerprint density at radius 1 is 1.20 bits per heavy atom. The number of hydrogen-bond acceptors (Lipinski definition) is 4. The molecule has 106 valence electrons. The van der Waals surface area contributed by atoms with E-state index in [0.717, 1.165) is 29.2 Å². The molecule has 0 unspecified atom stereocenters. The summed E-state index contributed by atoms with van der Waals surface area (Å²) in [7, 11) is 1.64. The Kier molecular flexibility index (Phi) is 5.07. The molecule has 0 aliphatic heterocycles. The zero-order valence-corrected chi connectivity index (χ0v) is 12.4. The Hall–Kier alpha value is -1.94. The van der Waals surface area contributed by atoms with E-state index in [2.05, 4.69) is 22.5 Å². The van der Waals surface area contributed by atoms with Gasteiger partial charge in [0.15, 0.2) is 0 Å². The van der Waals surface area contributed by atoms with Crippen molar-refractivity contribution in [2.75, 3.05) is 24.3 Å². The highest BCUT2D eigenvalue weighted by molar-refractivity contribution is 6.31. The first kappa shape index (κ1) is 14.5. The van der Waals surface area contributed by atoms with Gasteiger partial charge in [-0.15, -0.1) is 0 Å². The van der Waals surface area contributed by atoms with Gasteiger partial charge in [-0.25, -0.2) is 0 Å². The maximum atomic E-state index is 6.21. The van der Waals surface area contributed by atoms with Crippen molar-refractivity contribution in [2.45, 2.75) is 13.5 Å². The van der Waals surface area contributed by atoms with Crippen molar-refractivity contribution in [2.24, 2.45) is 0 Å². The van der Waals surface area contributed by atoms with Gasteiger partial charge in [0, 0.05) is 23.7 Å². The highest BCUT2D eigenvalue weighted by Crippen LogP contribution is 2.27. The number of rotatable bonds is 6. The maximum Gasteiger partial charge on any atom is 0.125 e. The third-order valence-corrected chi connectivity index (χ3v) is 3.24. The van der Waals surface area contributed by atoms with Crippen molar-refractivity contribution in [3.05, 3.63) is 47.2 Å². The molecule has 2 rings (SSSR count). The molecule has 20 heavy (non-hydrogen) atoms. The van der Waals surface area contributed by atoms with Crippen LogP contribution in [0.3, 0.4) is 0 Å². The van der Waals surface area contributed by atoms with Crippen LogP contribution in [0.2, 0.25) is 5.02 Å². The molecule has 1 heterocycles. The summed E-state index contributed by atoms with van der Waals surface area (Å²) in [5.41, 5.74) is 2.86. The summed E-state index contributed by atoms with van der Waals surface area (Å²) in [5.74, 6) is 0.779. The van der Waals surface area contributed by atoms with E-state index in [1.54, 1.807) is 19.5 Å². The fraction of sp³-hybridized carbons (Fsp3) is 0.267. The summed E-state index contributed by atoms with van der Waals surface area (Å²) in [5, 5.41) is 7.22. The average molecular weight is 292 g/mol. The number of halogens is 1. The van der Waals surface area contributed by atoms with Gasteiger partial charge in [-0.3, -0.25) is 4.98 Å². The van der Waals surface area contributed by atoms with Crippen LogP contribution >= 0.6 is 11.6 Å². The molecule has 4 nitrogen and oxygen atoms in total. The second-order valence-electron chi connectivity index (χ2n) is 4.27. The smallest absolute Gasteiger partial charge is 0.125 e. The SMILES string of the molecule is CCNc1cncc(NCc2c(Cl)cccc2OC)c1. The summed E-state index contributed by atoms with van der Waals surface area (Å²) in [4.78, 5) is 4.19. The Labute approximate surface area is 124 Å². The molecule has 0 amide bonds. The fourth-order valence-electron chi connectivity index (χ4n) is 1.93. The lowest BCUT2D eigenvalue weighted by atomic mass is 10.2. The van der Waals surface area contributed by atoms with Crippen LogP contribution in [0, 0.1) is 0 Å². The minimum atomic E-state index is 0.583. The third kappa shape index (κ3) is 3.54. The van der Waals surface area contributed by atoms with E-state index in [1.807, 2.05) is 24.3 Å². The molecule has 0 atom stereocenters. The van der Waals surface area contributed by atoms with E-state index in [1.165, 1.54) is 0 Å². The van der Waals surface area contributed by atoms with E-state index in [0.29, 0.717) is 11.6 Å². The highest BCUT2D eigenvalue weighted by Gasteiger charge is 2.07. The van der Waals surface area contributed by atoms with Crippen molar-refractivity contribution in [1.29, 1.82) is 0 Å². The van der Waals surface area contributed by atoms with Crippen LogP contribution in [0.5, 0.6) is 5.75 Å². The minimum absolute atomic E-state index is 0.583. The van der Waals surface area contributed by atoms with Crippen LogP contribution in [0.1, 0.15) is 12.5 Å². The molecule has 2 N–H and O–H groups in total. The molecule has 0 fully saturated rings. The summed E-state index contributed by atoms with van der Waals surface area (Å²) in [6.07, 6.45) is 3.58. The van der Waals surface area contributed by atoms with Crippen LogP contribution in [-0.4, -0.2) is 18.6 Å². The molecule has 5 heteroatoms. The molecule has 0 saturated heterocycles. The molecule has 2 aromatic rings. The number of benzene rings is 1. The highest BCUT2D eigenvalue weighted by atomic mass is 35.5. The Balaban J connectivity index is 2.10. The molecule has 0 saturated carbocycles. The number of ether oxygens (including phenoxy) is 1. The number of anilines is 2. The number of pyridine rings is 1. The van der Waals surface area contributed by atoms with Crippen molar-refractivity contribution < 1.29 is 4.74 Å². The van der Waals surface area contributed by atoms with Crippen molar-refractivity contribution in [3.8, 4) is 5.75 Å². The van der Waals surface area contributed by atoms with Gasteiger partial charge >= 0.3 is 0 Å². The van der Waals surface area contributed by atoms with Gasteiger partial charge in [0.2, 0.25) is 0 Å². The zero-order chi connectivity index (χ0) is 14.4. The van der Waals surface area contributed by atoms with Crippen LogP contribution in [0.15, 0.2) is 36.7 Å². The molecule has 1 aromatic carbocycles. The predicted octanol–water partition coefficient (Wildman–Crippen LogP) is 3.79. The molecule has 0 bridgehead atoms. The Bertz CT molecular complexity index is 575. The summed E-state index contributed by atoms with van der Waals surface area (Å²) in [6.45, 7) is 3.50. The van der Waals surface area contributed by atoms with Gasteiger partial charge < -0.3 is 15.4 Å². The topological polar surface area (TPSA) is 46.2 Å². The van der Waals surface area contributed by atoms with Gasteiger partial charge in [-0.2, -0.15) is 0 Å². The van der Waals surface area contributed by atoms with E-state index < -0.39 is 0 Å². The van der Waals surface area contributed by atoms with Crippen LogP contribution in [0.4, 0.5) is 11.4 Å². The molecule has 0 radical (unpaired) electrons. The quantitative estimate of drug-likeness (QED) is 0.850. The van der Waals surface area contributed by atoms with Crippen LogP contribution < -0.4 is 15.4 Å². The van der Waals surface area contributed by atoms with E-state index in [-0.39, 0.29) is 0 Å². The molecular weight excluding hydrogens is 274 g/mol. The summed E-state index contributed by atoms with van der Waals surface area (Å²) in [6, 6.07) is 7.64. The number of aromatic nitrogens is 1. The van der Waals surface area contributed by atoms with E-state index >= 15 is 0 Å². The third-order valence-electron chi connectivity index (χ3n) is 2.88. The zero-order valence-electron chi connectivity index (χ0n) is 11.6. The van der Waals surface area contributed by atoms with E-state index in [4.69, 9.17) is 16.3 Å². The first-order chi connectivity index (χ1) is 9.74. The van der Waals surface area contributed by atoms with Gasteiger partial charge in [-0.1, -0.05) is 17.7 Å². The Morgan fingerprint density at radius 3 is 2.65 bits per heavy atom. The summed E-state index contributed by atoms with van der Waals surface area (Å²) >= 11 is 6.21. The van der Waals surface area contributed by atoms with Gasteiger partial charge in [-0.05, 0) is 25.1 Å². The minimum Gasteiger partial charge on any atom is -0.496 e. The van der Waals surface area contributed by atoms with Gasteiger partial charge in [0.25, 0.3) is 0 Å². The van der Waals surface area contributed by atoms with Crippen LogP contribution in [-0.2, 0) is 6.54 Å². The second-order valence-corrected chi connectivity index (χ2v) is 4.67. The van der Waals surface area contributed by atoms with Crippen molar-refractivity contribution in [1.82, 2.24) is 4.98 Å². The summed E-state index contributed by atoms with van der Waals surface area (Å²) < 4.78 is 5.32. The van der Waals surface area contributed by atoms with Crippen molar-refractivity contribution >= 4 is 23.0 Å². The standard InChI is InChI=1S/C15H18ClN3O/c1-3-18-11-7-12(9-17-8-11)19-10-13-14(16)5-4-6-15(13)20-2/h4-9,18-19H,3,10H2,1-2H3. The molecule has 0 aliphatic carbocycles. The lowest BCUT2D eigenvalue weighted by molar-refractivity contribution is 0.410. The maximum absolute atomic E-state index is 6.21. The van der Waals surface area contributed by atoms with Crippen LogP contribution in [0.25, 0.3) is 0 Å². The normalized spacial score (nSPS) is 10.2. The lowest BCUT2D eigenvalue weighted by Crippen LogP contribution is -2.04. The first-order valence-corrected chi connectivity index (χ1v) is 6.86. The fourth-order valence-corrected chi connectivity index (χ4v) is 2.16. The first-order valence-electron chi connectivity index (χ1n) is 6.48. The van der Waals surface area contributed by atoms with Gasteiger partial charge in [0.1, 0.15) is 5.75 Å². The molecule has 0 spiro atoms. The number of nitrogens with one attached hydrogen (secondary N) is 2. The largest absolute Gasteiger partial charge is 0.496 e. The van der Waals surface area contributed by atoms with Gasteiger partial charge in [0.05, 0.1) is 30.9 Å². The molecule has 1 aromatic heterocycles.